The summed E-state index contributed by atoms with van der Waals surface area (Å²) in [6, 6.07) is 3.62. The second-order valence-corrected chi connectivity index (χ2v) is 6.94. The number of rotatable bonds is 3. The molecule has 4 rings (SSSR count). The van der Waals surface area contributed by atoms with Crippen molar-refractivity contribution in [3.63, 3.8) is 0 Å². The molecular formula is C17H20N4O5. The summed E-state index contributed by atoms with van der Waals surface area (Å²) in [6.07, 6.45) is 1.91. The predicted molar refractivity (Wildman–Crippen MR) is 91.2 cm³/mol. The Hall–Kier alpha value is -2.78. The molecule has 3 atom stereocenters. The van der Waals surface area contributed by atoms with Gasteiger partial charge in [0, 0.05) is 6.54 Å². The first kappa shape index (κ1) is 16.7. The number of furan rings is 1. The van der Waals surface area contributed by atoms with E-state index >= 15 is 0 Å². The van der Waals surface area contributed by atoms with Gasteiger partial charge in [0.05, 0.1) is 17.2 Å². The smallest absolute Gasteiger partial charge is 0.209 e. The van der Waals surface area contributed by atoms with E-state index in [1.54, 1.807) is 17.2 Å². The van der Waals surface area contributed by atoms with Crippen LogP contribution < -0.4 is 10.6 Å². The van der Waals surface area contributed by atoms with Crippen LogP contribution in [0.4, 0.5) is 11.6 Å². The number of aromatic nitrogens is 2. The van der Waals surface area contributed by atoms with Crippen molar-refractivity contribution in [2.45, 2.75) is 31.1 Å². The van der Waals surface area contributed by atoms with Crippen molar-refractivity contribution in [1.82, 2.24) is 9.97 Å². The Balaban J connectivity index is 1.83. The third-order valence-electron chi connectivity index (χ3n) is 5.14. The van der Waals surface area contributed by atoms with Crippen molar-refractivity contribution < 1.29 is 24.5 Å². The van der Waals surface area contributed by atoms with Gasteiger partial charge in [0.2, 0.25) is 6.23 Å². The Morgan fingerprint density at radius 2 is 2.15 bits per heavy atom. The molecule has 2 unspecified atom stereocenters. The minimum absolute atomic E-state index is 0.0739. The largest absolute Gasteiger partial charge is 0.506 e. The fraction of sp³-hybridized carbons (Fsp3) is 0.412. The number of aliphatic hydroxyl groups is 3. The molecule has 0 amide bonds. The van der Waals surface area contributed by atoms with Gasteiger partial charge in [-0.1, -0.05) is 0 Å². The van der Waals surface area contributed by atoms with Crippen molar-refractivity contribution in [3.8, 4) is 0 Å². The zero-order chi connectivity index (χ0) is 18.7. The van der Waals surface area contributed by atoms with Gasteiger partial charge in [0.15, 0.2) is 17.1 Å². The number of anilines is 2. The number of hydrogen-bond acceptors (Lipinski definition) is 9. The Morgan fingerprint density at radius 3 is 2.77 bits per heavy atom. The maximum absolute atomic E-state index is 10.8. The molecule has 2 aromatic rings. The molecule has 0 fully saturated rings. The summed E-state index contributed by atoms with van der Waals surface area (Å²) in [5, 5.41) is 30.4. The van der Waals surface area contributed by atoms with Gasteiger partial charge in [-0.25, -0.2) is 9.97 Å². The fourth-order valence-corrected chi connectivity index (χ4v) is 3.80. The highest BCUT2D eigenvalue weighted by Crippen LogP contribution is 2.49. The molecule has 0 spiro atoms. The zero-order valence-corrected chi connectivity index (χ0v) is 14.4. The molecular weight excluding hydrogens is 340 g/mol. The normalized spacial score (nSPS) is 30.6. The Kier molecular flexibility index (Phi) is 3.44. The molecule has 4 heterocycles. The van der Waals surface area contributed by atoms with Gasteiger partial charge in [-0.05, 0) is 26.0 Å². The van der Waals surface area contributed by atoms with Crippen LogP contribution in [0, 0.1) is 0 Å². The Morgan fingerprint density at radius 1 is 1.38 bits per heavy atom. The summed E-state index contributed by atoms with van der Waals surface area (Å²) >= 11 is 0. The SMILES string of the molecule is CC1(c2ccco2)CN([C@@H]2OC(CO)=C(O)C2(C)O)c2ncnc(N)c21. The van der Waals surface area contributed by atoms with E-state index in [-0.39, 0.29) is 5.76 Å². The van der Waals surface area contributed by atoms with Crippen LogP contribution in [-0.2, 0) is 10.2 Å². The van der Waals surface area contributed by atoms with Gasteiger partial charge in [-0.2, -0.15) is 0 Å². The number of fused-ring (bicyclic) bond motifs is 1. The van der Waals surface area contributed by atoms with Crippen molar-refractivity contribution in [3.05, 3.63) is 47.6 Å². The molecule has 0 saturated carbocycles. The maximum Gasteiger partial charge on any atom is 0.209 e. The van der Waals surface area contributed by atoms with E-state index in [4.69, 9.17) is 14.9 Å². The van der Waals surface area contributed by atoms with Crippen LogP contribution in [0.5, 0.6) is 0 Å². The average molecular weight is 360 g/mol. The van der Waals surface area contributed by atoms with E-state index < -0.39 is 29.6 Å². The highest BCUT2D eigenvalue weighted by molar-refractivity contribution is 5.68. The number of aliphatic hydroxyl groups excluding tert-OH is 2. The third-order valence-corrected chi connectivity index (χ3v) is 5.14. The fourth-order valence-electron chi connectivity index (χ4n) is 3.80. The van der Waals surface area contributed by atoms with Crippen molar-refractivity contribution in [1.29, 1.82) is 0 Å². The van der Waals surface area contributed by atoms with E-state index in [2.05, 4.69) is 9.97 Å². The van der Waals surface area contributed by atoms with E-state index in [0.717, 1.165) is 0 Å². The van der Waals surface area contributed by atoms with Crippen LogP contribution in [0.2, 0.25) is 0 Å². The predicted octanol–water partition coefficient (Wildman–Crippen LogP) is 0.647. The Labute approximate surface area is 149 Å². The minimum atomic E-state index is -1.73. The lowest BCUT2D eigenvalue weighted by atomic mass is 9.83. The first-order valence-electron chi connectivity index (χ1n) is 8.14. The monoisotopic (exact) mass is 360 g/mol. The zero-order valence-electron chi connectivity index (χ0n) is 14.4. The summed E-state index contributed by atoms with van der Waals surface area (Å²) in [6.45, 7) is 3.16. The molecule has 138 valence electrons. The summed E-state index contributed by atoms with van der Waals surface area (Å²) in [4.78, 5) is 10.1. The molecule has 9 nitrogen and oxygen atoms in total. The molecule has 0 aromatic carbocycles. The summed E-state index contributed by atoms with van der Waals surface area (Å²) < 4.78 is 11.3. The van der Waals surface area contributed by atoms with Gasteiger partial charge in [0.25, 0.3) is 0 Å². The molecule has 0 saturated heterocycles. The van der Waals surface area contributed by atoms with E-state index in [9.17, 15) is 15.3 Å². The van der Waals surface area contributed by atoms with Gasteiger partial charge in [-0.3, -0.25) is 0 Å². The maximum atomic E-state index is 10.8. The quantitative estimate of drug-likeness (QED) is 0.621. The standard InChI is InChI=1S/C17H20N4O5/c1-16(10-4-3-5-25-10)7-21(14-11(16)13(18)19-8-20-14)15-17(2,24)12(23)9(6-22)26-15/h3-5,8,15,22-24H,6-7H2,1-2H3,(H2,18,19,20)/t15-,16?,17?/m1/s1. The lowest BCUT2D eigenvalue weighted by Gasteiger charge is -2.34. The van der Waals surface area contributed by atoms with Crippen molar-refractivity contribution in [2.24, 2.45) is 0 Å². The molecule has 2 aliphatic rings. The molecule has 2 aromatic heterocycles. The van der Waals surface area contributed by atoms with Crippen LogP contribution in [-0.4, -0.2) is 50.3 Å². The molecule has 2 aliphatic heterocycles. The lowest BCUT2D eigenvalue weighted by Crippen LogP contribution is -2.51. The van der Waals surface area contributed by atoms with Gasteiger partial charge < -0.3 is 35.1 Å². The second kappa shape index (κ2) is 5.36. The van der Waals surface area contributed by atoms with Gasteiger partial charge in [-0.15, -0.1) is 0 Å². The van der Waals surface area contributed by atoms with Crippen LogP contribution in [0.15, 0.2) is 40.7 Å². The highest BCUT2D eigenvalue weighted by atomic mass is 16.6. The Bertz CT molecular complexity index is 879. The van der Waals surface area contributed by atoms with Crippen molar-refractivity contribution in [2.75, 3.05) is 23.8 Å². The number of nitrogens with zero attached hydrogens (tertiary/aromatic N) is 3. The third kappa shape index (κ3) is 2.04. The molecule has 5 N–H and O–H groups in total. The van der Waals surface area contributed by atoms with Crippen LogP contribution in [0.25, 0.3) is 0 Å². The van der Waals surface area contributed by atoms with Gasteiger partial charge in [0.1, 0.15) is 30.3 Å². The number of nitrogens with two attached hydrogens (primary N) is 1. The number of nitrogen functional groups attached to an aromatic ring is 1. The highest BCUT2D eigenvalue weighted by Gasteiger charge is 2.56. The van der Waals surface area contributed by atoms with Crippen LogP contribution >= 0.6 is 0 Å². The van der Waals surface area contributed by atoms with Crippen LogP contribution in [0.1, 0.15) is 25.2 Å². The molecule has 0 radical (unpaired) electrons. The summed E-state index contributed by atoms with van der Waals surface area (Å²) in [7, 11) is 0. The van der Waals surface area contributed by atoms with E-state index in [1.165, 1.54) is 13.3 Å². The molecule has 0 bridgehead atoms. The van der Waals surface area contributed by atoms with E-state index in [0.29, 0.717) is 29.5 Å². The number of ether oxygens (including phenoxy) is 1. The lowest BCUT2D eigenvalue weighted by molar-refractivity contribution is -0.0368. The van der Waals surface area contributed by atoms with E-state index in [1.807, 2.05) is 13.0 Å². The first-order valence-corrected chi connectivity index (χ1v) is 8.14. The van der Waals surface area contributed by atoms with Crippen molar-refractivity contribution >= 4 is 11.6 Å². The van der Waals surface area contributed by atoms with Gasteiger partial charge >= 0.3 is 0 Å². The number of hydrogen-bond donors (Lipinski definition) is 4. The summed E-state index contributed by atoms with van der Waals surface area (Å²) in [5.41, 5.74) is 4.39. The minimum Gasteiger partial charge on any atom is -0.506 e. The first-order chi connectivity index (χ1) is 12.3. The second-order valence-electron chi connectivity index (χ2n) is 6.94. The van der Waals surface area contributed by atoms with Crippen LogP contribution in [0.3, 0.4) is 0 Å². The molecule has 9 heteroatoms. The average Bonchev–Trinajstić information content (AvgIpc) is 3.28. The molecule has 0 aliphatic carbocycles. The summed E-state index contributed by atoms with van der Waals surface area (Å²) in [5.74, 6) is 0.970. The molecule has 26 heavy (non-hydrogen) atoms. The topological polar surface area (TPSA) is 138 Å².